The van der Waals surface area contributed by atoms with Crippen molar-refractivity contribution in [3.8, 4) is 6.07 Å². The Bertz CT molecular complexity index is 767. The van der Waals surface area contributed by atoms with Crippen molar-refractivity contribution in [1.29, 1.82) is 5.26 Å². The number of nitriles is 1. The lowest BCUT2D eigenvalue weighted by Gasteiger charge is -2.36. The molecule has 122 valence electrons. The van der Waals surface area contributed by atoms with Gasteiger partial charge in [-0.3, -0.25) is 9.99 Å². The normalized spacial score (nSPS) is 22.3. The molecule has 1 unspecified atom stereocenters. The fourth-order valence-corrected chi connectivity index (χ4v) is 3.36. The predicted molar refractivity (Wildman–Crippen MR) is 92.9 cm³/mol. The Hall–Kier alpha value is -2.85. The van der Waals surface area contributed by atoms with E-state index in [1.165, 1.54) is 12.8 Å². The van der Waals surface area contributed by atoms with Crippen molar-refractivity contribution in [3.05, 3.63) is 42.1 Å². The van der Waals surface area contributed by atoms with Crippen molar-refractivity contribution >= 4 is 17.6 Å². The third kappa shape index (κ3) is 2.41. The van der Waals surface area contributed by atoms with Crippen LogP contribution in [0.25, 0.3) is 0 Å². The van der Waals surface area contributed by atoms with Gasteiger partial charge in [-0.2, -0.15) is 5.26 Å². The molecule has 3 aliphatic rings. The van der Waals surface area contributed by atoms with Crippen LogP contribution in [0.3, 0.4) is 0 Å². The fourth-order valence-electron chi connectivity index (χ4n) is 3.36. The number of aromatic nitrogens is 1. The topological polar surface area (TPSA) is 84.8 Å². The van der Waals surface area contributed by atoms with Crippen LogP contribution in [0, 0.1) is 11.3 Å². The van der Waals surface area contributed by atoms with E-state index in [4.69, 9.17) is 11.0 Å². The van der Waals surface area contributed by atoms with Gasteiger partial charge in [0.15, 0.2) is 5.82 Å². The molecule has 4 heterocycles. The van der Waals surface area contributed by atoms with Crippen LogP contribution in [-0.4, -0.2) is 35.5 Å². The summed E-state index contributed by atoms with van der Waals surface area (Å²) in [6, 6.07) is 4.20. The number of anilines is 2. The van der Waals surface area contributed by atoms with Crippen LogP contribution in [0.2, 0.25) is 0 Å². The molecule has 0 bridgehead atoms. The van der Waals surface area contributed by atoms with Gasteiger partial charge in [0.25, 0.3) is 0 Å². The van der Waals surface area contributed by atoms with E-state index in [0.29, 0.717) is 6.42 Å². The molecule has 0 spiro atoms. The lowest BCUT2D eigenvalue weighted by Crippen LogP contribution is -2.45. The third-order valence-electron chi connectivity index (χ3n) is 4.47. The predicted octanol–water partition coefficient (Wildman–Crippen LogP) is 1.73. The summed E-state index contributed by atoms with van der Waals surface area (Å²) in [6.45, 7) is 2.10. The highest BCUT2D eigenvalue weighted by Gasteiger charge is 2.33. The van der Waals surface area contributed by atoms with Crippen LogP contribution in [-0.2, 0) is 0 Å². The number of aliphatic imine (C=N–C) groups is 1. The quantitative estimate of drug-likeness (QED) is 0.912. The smallest absolute Gasteiger partial charge is 0.150 e. The Balaban J connectivity index is 1.72. The zero-order valence-electron chi connectivity index (χ0n) is 13.3. The standard InChI is InChI=1S/C17H19N7/c18-5-3-13-10-21-17-9-16(19)24(23(17)12-13)15-11-20-6-4-14(15)22-7-1-2-8-22/h4,6,9-12,16H,1-3,7-8,19H2. The number of nitrogens with zero attached hydrogens (tertiary/aromatic N) is 6. The van der Waals surface area contributed by atoms with Gasteiger partial charge in [0, 0.05) is 37.3 Å². The van der Waals surface area contributed by atoms with Crippen LogP contribution >= 0.6 is 0 Å². The molecule has 1 saturated heterocycles. The Kier molecular flexibility index (Phi) is 3.67. The summed E-state index contributed by atoms with van der Waals surface area (Å²) in [5, 5.41) is 12.9. The number of hydrogen-bond acceptors (Lipinski definition) is 7. The molecule has 1 aromatic rings. The highest BCUT2D eigenvalue weighted by Crippen LogP contribution is 2.37. The van der Waals surface area contributed by atoms with Crippen molar-refractivity contribution < 1.29 is 0 Å². The van der Waals surface area contributed by atoms with Crippen LogP contribution in [0.4, 0.5) is 11.4 Å². The Morgan fingerprint density at radius 3 is 2.92 bits per heavy atom. The molecule has 3 aliphatic heterocycles. The van der Waals surface area contributed by atoms with E-state index in [0.717, 1.165) is 35.9 Å². The second-order valence-electron chi connectivity index (χ2n) is 6.06. The van der Waals surface area contributed by atoms with E-state index in [1.807, 2.05) is 40.8 Å². The average Bonchev–Trinajstić information content (AvgIpc) is 3.22. The zero-order valence-corrected chi connectivity index (χ0v) is 13.3. The molecule has 7 nitrogen and oxygen atoms in total. The van der Waals surface area contributed by atoms with Gasteiger partial charge in [-0.1, -0.05) is 0 Å². The van der Waals surface area contributed by atoms with E-state index in [-0.39, 0.29) is 6.17 Å². The first-order valence-corrected chi connectivity index (χ1v) is 8.14. The second-order valence-corrected chi connectivity index (χ2v) is 6.06. The summed E-state index contributed by atoms with van der Waals surface area (Å²) in [7, 11) is 0. The number of pyridine rings is 1. The van der Waals surface area contributed by atoms with Gasteiger partial charge < -0.3 is 10.6 Å². The number of hydrogen-bond donors (Lipinski definition) is 1. The van der Waals surface area contributed by atoms with E-state index >= 15 is 0 Å². The van der Waals surface area contributed by atoms with E-state index in [1.54, 1.807) is 6.21 Å². The molecule has 1 fully saturated rings. The van der Waals surface area contributed by atoms with Gasteiger partial charge in [0.1, 0.15) is 11.9 Å². The second kappa shape index (κ2) is 5.98. The Morgan fingerprint density at radius 1 is 1.29 bits per heavy atom. The lowest BCUT2D eigenvalue weighted by molar-refractivity contribution is 0.425. The average molecular weight is 321 g/mol. The molecule has 0 saturated carbocycles. The zero-order chi connectivity index (χ0) is 16.5. The van der Waals surface area contributed by atoms with Crippen molar-refractivity contribution in [1.82, 2.24) is 9.99 Å². The molecule has 1 aromatic heterocycles. The van der Waals surface area contributed by atoms with Crippen molar-refractivity contribution in [2.24, 2.45) is 10.7 Å². The first kappa shape index (κ1) is 14.7. The molecular formula is C17H19N7. The van der Waals surface area contributed by atoms with E-state index in [2.05, 4.69) is 20.9 Å². The molecule has 4 rings (SSSR count). The maximum Gasteiger partial charge on any atom is 0.150 e. The van der Waals surface area contributed by atoms with Gasteiger partial charge >= 0.3 is 0 Å². The fraction of sp³-hybridized carbons (Fsp3) is 0.353. The molecule has 0 aliphatic carbocycles. The van der Waals surface area contributed by atoms with Gasteiger partial charge in [-0.15, -0.1) is 0 Å². The molecule has 0 aromatic carbocycles. The first-order valence-electron chi connectivity index (χ1n) is 8.14. The molecule has 2 N–H and O–H groups in total. The SMILES string of the molecule is N#CCC1=CN2C(=CC(N)N2c2cnccc2N2CCCC2)N=C1. The molecular weight excluding hydrogens is 302 g/mol. The summed E-state index contributed by atoms with van der Waals surface area (Å²) in [5.74, 6) is 0.778. The number of nitrogens with two attached hydrogens (primary N) is 1. The Morgan fingerprint density at radius 2 is 2.12 bits per heavy atom. The molecule has 0 amide bonds. The summed E-state index contributed by atoms with van der Waals surface area (Å²) < 4.78 is 0. The highest BCUT2D eigenvalue weighted by atomic mass is 15.7. The van der Waals surface area contributed by atoms with Crippen LogP contribution < -0.4 is 15.6 Å². The number of fused-ring (bicyclic) bond motifs is 1. The van der Waals surface area contributed by atoms with Crippen molar-refractivity contribution in [2.75, 3.05) is 23.0 Å². The summed E-state index contributed by atoms with van der Waals surface area (Å²) >= 11 is 0. The summed E-state index contributed by atoms with van der Waals surface area (Å²) in [6.07, 6.45) is 11.6. The molecule has 0 radical (unpaired) electrons. The first-order chi connectivity index (χ1) is 11.8. The third-order valence-corrected chi connectivity index (χ3v) is 4.47. The van der Waals surface area contributed by atoms with E-state index in [9.17, 15) is 0 Å². The molecule has 1 atom stereocenters. The Labute approximate surface area is 141 Å². The van der Waals surface area contributed by atoms with Crippen molar-refractivity contribution in [3.63, 3.8) is 0 Å². The van der Waals surface area contributed by atoms with Gasteiger partial charge in [0.05, 0.1) is 24.4 Å². The number of rotatable bonds is 3. The van der Waals surface area contributed by atoms with E-state index < -0.39 is 0 Å². The minimum atomic E-state index is -0.319. The minimum absolute atomic E-state index is 0.319. The van der Waals surface area contributed by atoms with Crippen LogP contribution in [0.5, 0.6) is 0 Å². The van der Waals surface area contributed by atoms with Gasteiger partial charge in [-0.05, 0) is 25.0 Å². The van der Waals surface area contributed by atoms with Gasteiger partial charge in [-0.25, -0.2) is 10.0 Å². The van der Waals surface area contributed by atoms with Crippen LogP contribution in [0.15, 0.2) is 47.1 Å². The minimum Gasteiger partial charge on any atom is -0.370 e. The largest absolute Gasteiger partial charge is 0.370 e. The van der Waals surface area contributed by atoms with Gasteiger partial charge in [0.2, 0.25) is 0 Å². The number of hydrazine groups is 1. The number of allylic oxidation sites excluding steroid dienone is 1. The lowest BCUT2D eigenvalue weighted by atomic mass is 10.2. The van der Waals surface area contributed by atoms with Crippen molar-refractivity contribution in [2.45, 2.75) is 25.4 Å². The highest BCUT2D eigenvalue weighted by molar-refractivity contribution is 5.82. The monoisotopic (exact) mass is 321 g/mol. The maximum atomic E-state index is 8.94. The summed E-state index contributed by atoms with van der Waals surface area (Å²) in [4.78, 5) is 11.1. The summed E-state index contributed by atoms with van der Waals surface area (Å²) in [5.41, 5.74) is 9.31. The van der Waals surface area contributed by atoms with Crippen LogP contribution in [0.1, 0.15) is 19.3 Å². The maximum absolute atomic E-state index is 8.94. The molecule has 24 heavy (non-hydrogen) atoms. The molecule has 7 heteroatoms.